The molecule has 0 radical (unpaired) electrons. The maximum Gasteiger partial charge on any atom is 0.417 e. The fraction of sp³-hybridized carbons (Fsp3) is 0.0714. The Morgan fingerprint density at radius 2 is 1.57 bits per heavy atom. The molecule has 3 N–H and O–H groups in total. The summed E-state index contributed by atoms with van der Waals surface area (Å²) in [6.45, 7) is 0. The van der Waals surface area contributed by atoms with Crippen molar-refractivity contribution < 1.29 is 31.9 Å². The van der Waals surface area contributed by atoms with Gasteiger partial charge in [0.2, 0.25) is 5.89 Å². The Labute approximate surface area is 225 Å². The molecule has 5 rings (SSSR count). The molecule has 9 nitrogen and oxygen atoms in total. The molecule has 0 fully saturated rings. The molecule has 0 unspecified atom stereocenters. The van der Waals surface area contributed by atoms with Crippen molar-refractivity contribution >= 4 is 34.4 Å². The van der Waals surface area contributed by atoms with E-state index in [1.165, 1.54) is 31.4 Å². The van der Waals surface area contributed by atoms with E-state index in [9.17, 15) is 22.8 Å². The van der Waals surface area contributed by atoms with E-state index in [2.05, 4.69) is 25.9 Å². The predicted octanol–water partition coefficient (Wildman–Crippen LogP) is 6.70. The summed E-state index contributed by atoms with van der Waals surface area (Å²) in [6.07, 6.45) is -3.33. The summed E-state index contributed by atoms with van der Waals surface area (Å²) in [7, 11) is 1.50. The number of carbonyl (C=O) groups excluding carboxylic acids is 2. The first-order chi connectivity index (χ1) is 19.2. The van der Waals surface area contributed by atoms with Crippen LogP contribution in [-0.4, -0.2) is 29.0 Å². The minimum Gasteiger partial charge on any atom is -0.456 e. The fourth-order valence-electron chi connectivity index (χ4n) is 3.77. The number of urea groups is 1. The van der Waals surface area contributed by atoms with Crippen LogP contribution in [0.5, 0.6) is 11.5 Å². The molecule has 3 amide bonds. The molecule has 202 valence electrons. The zero-order valence-corrected chi connectivity index (χ0v) is 20.7. The Morgan fingerprint density at radius 1 is 0.875 bits per heavy atom. The van der Waals surface area contributed by atoms with Crippen molar-refractivity contribution in [3.05, 3.63) is 96.3 Å². The van der Waals surface area contributed by atoms with E-state index >= 15 is 0 Å². The average molecular weight is 547 g/mol. The number of nitrogens with zero attached hydrogens (tertiary/aromatic N) is 2. The summed E-state index contributed by atoms with van der Waals surface area (Å²) < 4.78 is 52.9. The van der Waals surface area contributed by atoms with Crippen LogP contribution in [0.4, 0.5) is 29.3 Å². The first-order valence-corrected chi connectivity index (χ1v) is 11.8. The Hall–Kier alpha value is -5.39. The number of oxazole rings is 1. The normalized spacial score (nSPS) is 11.2. The number of hydrogen-bond donors (Lipinski definition) is 3. The van der Waals surface area contributed by atoms with Gasteiger partial charge < -0.3 is 25.1 Å². The molecular formula is C28H20F3N5O4. The third kappa shape index (κ3) is 5.85. The number of para-hydroxylation sites is 2. The van der Waals surface area contributed by atoms with Crippen molar-refractivity contribution in [2.24, 2.45) is 0 Å². The van der Waals surface area contributed by atoms with Gasteiger partial charge in [0.1, 0.15) is 22.7 Å². The second-order valence-electron chi connectivity index (χ2n) is 8.41. The van der Waals surface area contributed by atoms with Gasteiger partial charge in [-0.1, -0.05) is 12.1 Å². The van der Waals surface area contributed by atoms with Crippen LogP contribution in [0, 0.1) is 0 Å². The number of alkyl halides is 3. The lowest BCUT2D eigenvalue weighted by Crippen LogP contribution is -2.20. The average Bonchev–Trinajstić information content (AvgIpc) is 3.38. The van der Waals surface area contributed by atoms with Crippen LogP contribution >= 0.6 is 0 Å². The fourth-order valence-corrected chi connectivity index (χ4v) is 3.77. The van der Waals surface area contributed by atoms with Crippen LogP contribution in [0.25, 0.3) is 22.6 Å². The summed E-state index contributed by atoms with van der Waals surface area (Å²) in [6, 6.07) is 18.6. The zero-order valence-electron chi connectivity index (χ0n) is 20.7. The van der Waals surface area contributed by atoms with Crippen molar-refractivity contribution in [1.82, 2.24) is 15.3 Å². The van der Waals surface area contributed by atoms with E-state index in [1.807, 2.05) is 0 Å². The molecule has 0 saturated carbocycles. The van der Waals surface area contributed by atoms with Gasteiger partial charge in [0, 0.05) is 24.0 Å². The summed E-state index contributed by atoms with van der Waals surface area (Å²) in [5, 5.41) is 7.44. The lowest BCUT2D eigenvalue weighted by atomic mass is 10.1. The molecule has 0 bridgehead atoms. The quantitative estimate of drug-likeness (QED) is 0.218. The lowest BCUT2D eigenvalue weighted by Gasteiger charge is -2.14. The molecule has 0 aliphatic carbocycles. The monoisotopic (exact) mass is 547 g/mol. The van der Waals surface area contributed by atoms with E-state index < -0.39 is 17.8 Å². The number of benzene rings is 3. The van der Waals surface area contributed by atoms with E-state index in [-0.39, 0.29) is 28.7 Å². The zero-order chi connectivity index (χ0) is 28.3. The highest BCUT2D eigenvalue weighted by atomic mass is 19.4. The molecule has 0 aliphatic rings. The predicted molar refractivity (Wildman–Crippen MR) is 141 cm³/mol. The topological polar surface area (TPSA) is 118 Å². The molecule has 3 aromatic carbocycles. The van der Waals surface area contributed by atoms with Crippen LogP contribution in [-0.2, 0) is 6.18 Å². The van der Waals surface area contributed by atoms with Gasteiger partial charge in [0.15, 0.2) is 5.58 Å². The maximum absolute atomic E-state index is 13.9. The lowest BCUT2D eigenvalue weighted by molar-refractivity contribution is -0.137. The number of aromatic nitrogens is 2. The van der Waals surface area contributed by atoms with Gasteiger partial charge in [-0.2, -0.15) is 13.2 Å². The third-order valence-corrected chi connectivity index (χ3v) is 5.65. The molecule has 12 heteroatoms. The molecule has 2 heterocycles. The van der Waals surface area contributed by atoms with Crippen LogP contribution in [0.1, 0.15) is 16.1 Å². The van der Waals surface area contributed by atoms with Crippen LogP contribution in [0.3, 0.4) is 0 Å². The molecular weight excluding hydrogens is 527 g/mol. The number of carbonyl (C=O) groups is 2. The van der Waals surface area contributed by atoms with E-state index in [0.717, 1.165) is 6.07 Å². The molecule has 40 heavy (non-hydrogen) atoms. The van der Waals surface area contributed by atoms with Gasteiger partial charge in [-0.15, -0.1) is 0 Å². The first kappa shape index (κ1) is 26.2. The number of ether oxygens (including phenoxy) is 1. The van der Waals surface area contributed by atoms with Gasteiger partial charge in [0.05, 0.1) is 11.8 Å². The molecule has 5 aromatic rings. The van der Waals surface area contributed by atoms with Crippen molar-refractivity contribution in [1.29, 1.82) is 0 Å². The summed E-state index contributed by atoms with van der Waals surface area (Å²) >= 11 is 0. The largest absolute Gasteiger partial charge is 0.456 e. The molecule has 2 aromatic heterocycles. The Bertz CT molecular complexity index is 1650. The van der Waals surface area contributed by atoms with Crippen molar-refractivity contribution in [2.45, 2.75) is 6.18 Å². The minimum atomic E-state index is -4.72. The van der Waals surface area contributed by atoms with Crippen molar-refractivity contribution in [2.75, 3.05) is 17.7 Å². The summed E-state index contributed by atoms with van der Waals surface area (Å²) in [4.78, 5) is 32.2. The van der Waals surface area contributed by atoms with Gasteiger partial charge in [-0.3, -0.25) is 4.79 Å². The second-order valence-corrected chi connectivity index (χ2v) is 8.41. The van der Waals surface area contributed by atoms with Gasteiger partial charge in [-0.05, 0) is 66.7 Å². The minimum absolute atomic E-state index is 0.0719. The number of fused-ring (bicyclic) bond motifs is 1. The number of pyridine rings is 1. The van der Waals surface area contributed by atoms with Crippen LogP contribution < -0.4 is 20.7 Å². The van der Waals surface area contributed by atoms with E-state index in [1.54, 1.807) is 54.6 Å². The van der Waals surface area contributed by atoms with Crippen LogP contribution in [0.15, 0.2) is 89.5 Å². The SMILES string of the molecule is CNC(=O)c1ccc(Oc2ccc(NC(=O)Nc3ccc(-c4nc5ccccc5o4)c(C(F)(F)F)c3)cc2)cn1. The van der Waals surface area contributed by atoms with Crippen molar-refractivity contribution in [3.8, 4) is 23.0 Å². The maximum atomic E-state index is 13.9. The van der Waals surface area contributed by atoms with E-state index in [0.29, 0.717) is 28.3 Å². The van der Waals surface area contributed by atoms with Crippen LogP contribution in [0.2, 0.25) is 0 Å². The Balaban J connectivity index is 1.25. The standard InChI is InChI=1S/C28H20F3N5O4/c1-32-25(37)23-13-11-19(15-33-23)39-18-9-6-16(7-10-18)34-27(38)35-17-8-12-20(21(14-17)28(29,30)31)26-36-22-4-2-3-5-24(22)40-26/h2-15H,1H3,(H,32,37)(H2,34,35,38). The molecule has 0 atom stereocenters. The first-order valence-electron chi connectivity index (χ1n) is 11.8. The number of halogens is 3. The Morgan fingerprint density at radius 3 is 2.25 bits per heavy atom. The van der Waals surface area contributed by atoms with Gasteiger partial charge >= 0.3 is 12.2 Å². The molecule has 0 spiro atoms. The van der Waals surface area contributed by atoms with Gasteiger partial charge in [-0.25, -0.2) is 14.8 Å². The second kappa shape index (κ2) is 10.8. The number of nitrogens with one attached hydrogen (secondary N) is 3. The molecule has 0 aliphatic heterocycles. The highest BCUT2D eigenvalue weighted by Gasteiger charge is 2.35. The van der Waals surface area contributed by atoms with Crippen molar-refractivity contribution in [3.63, 3.8) is 0 Å². The number of rotatable bonds is 6. The van der Waals surface area contributed by atoms with Gasteiger partial charge in [0.25, 0.3) is 5.91 Å². The van der Waals surface area contributed by atoms with E-state index in [4.69, 9.17) is 9.15 Å². The third-order valence-electron chi connectivity index (χ3n) is 5.65. The molecule has 0 saturated heterocycles. The number of hydrogen-bond acceptors (Lipinski definition) is 6. The number of anilines is 2. The Kier molecular flexibility index (Phi) is 7.06. The highest BCUT2D eigenvalue weighted by molar-refractivity contribution is 6.00. The summed E-state index contributed by atoms with van der Waals surface area (Å²) in [5.74, 6) is 0.331. The smallest absolute Gasteiger partial charge is 0.417 e. The summed E-state index contributed by atoms with van der Waals surface area (Å²) in [5.41, 5.74) is 0.0800. The highest BCUT2D eigenvalue weighted by Crippen LogP contribution is 2.39. The number of amides is 3.